The van der Waals surface area contributed by atoms with Crippen LogP contribution < -0.4 is 5.32 Å². The Morgan fingerprint density at radius 3 is 2.35 bits per heavy atom. The molecular formula is C13H24F2N2. The summed E-state index contributed by atoms with van der Waals surface area (Å²) >= 11 is 0. The molecule has 100 valence electrons. The molecule has 0 radical (unpaired) electrons. The molecule has 0 amide bonds. The molecule has 4 heteroatoms. The lowest BCUT2D eigenvalue weighted by molar-refractivity contribution is 0.00465. The van der Waals surface area contributed by atoms with Crippen molar-refractivity contribution in [1.29, 1.82) is 0 Å². The zero-order valence-electron chi connectivity index (χ0n) is 10.9. The van der Waals surface area contributed by atoms with Crippen LogP contribution in [0.5, 0.6) is 0 Å². The second kappa shape index (κ2) is 4.81. The van der Waals surface area contributed by atoms with Crippen LogP contribution in [0.4, 0.5) is 8.78 Å². The molecule has 2 saturated carbocycles. The number of hydrogen-bond acceptors (Lipinski definition) is 2. The molecule has 0 saturated heterocycles. The lowest BCUT2D eigenvalue weighted by Crippen LogP contribution is -2.56. The van der Waals surface area contributed by atoms with Gasteiger partial charge >= 0.3 is 0 Å². The number of nitrogens with zero attached hydrogens (tertiary/aromatic N) is 1. The summed E-state index contributed by atoms with van der Waals surface area (Å²) in [6.07, 6.45) is 4.59. The highest BCUT2D eigenvalue weighted by Gasteiger charge is 2.41. The van der Waals surface area contributed by atoms with Gasteiger partial charge in [-0.3, -0.25) is 0 Å². The van der Waals surface area contributed by atoms with Crippen molar-refractivity contribution in [3.8, 4) is 0 Å². The van der Waals surface area contributed by atoms with E-state index in [-0.39, 0.29) is 18.8 Å². The molecular weight excluding hydrogens is 222 g/mol. The predicted molar refractivity (Wildman–Crippen MR) is 65.4 cm³/mol. The van der Waals surface area contributed by atoms with Gasteiger partial charge in [0.2, 0.25) is 5.92 Å². The molecule has 17 heavy (non-hydrogen) atoms. The van der Waals surface area contributed by atoms with Crippen molar-refractivity contribution in [1.82, 2.24) is 10.2 Å². The van der Waals surface area contributed by atoms with Gasteiger partial charge in [0.05, 0.1) is 0 Å². The fraction of sp³-hybridized carbons (Fsp3) is 1.00. The van der Waals surface area contributed by atoms with E-state index in [9.17, 15) is 8.78 Å². The number of rotatable bonds is 5. The molecule has 0 aromatic rings. The first-order valence-electron chi connectivity index (χ1n) is 6.70. The van der Waals surface area contributed by atoms with Crippen molar-refractivity contribution in [2.24, 2.45) is 5.92 Å². The molecule has 0 aromatic heterocycles. The van der Waals surface area contributed by atoms with Gasteiger partial charge in [-0.05, 0) is 52.2 Å². The molecule has 2 rings (SSSR count). The summed E-state index contributed by atoms with van der Waals surface area (Å²) < 4.78 is 26.1. The van der Waals surface area contributed by atoms with Gasteiger partial charge in [0.25, 0.3) is 0 Å². The number of alkyl halides is 2. The number of likely N-dealkylation sites (N-methyl/N-ethyl adjacent to an activating group) is 1. The van der Waals surface area contributed by atoms with Gasteiger partial charge in [-0.1, -0.05) is 0 Å². The Hall–Kier alpha value is -0.220. The maximum absolute atomic E-state index is 13.0. The molecule has 0 aromatic carbocycles. The first kappa shape index (κ1) is 13.2. The van der Waals surface area contributed by atoms with Crippen molar-refractivity contribution in [3.63, 3.8) is 0 Å². The van der Waals surface area contributed by atoms with Crippen LogP contribution in [-0.2, 0) is 0 Å². The normalized spacial score (nSPS) is 30.5. The van der Waals surface area contributed by atoms with Crippen molar-refractivity contribution in [2.75, 3.05) is 27.2 Å². The van der Waals surface area contributed by atoms with E-state index in [1.165, 1.54) is 19.3 Å². The van der Waals surface area contributed by atoms with Crippen molar-refractivity contribution in [3.05, 3.63) is 0 Å². The summed E-state index contributed by atoms with van der Waals surface area (Å²) in [7, 11) is 4.23. The average Bonchev–Trinajstić information content (AvgIpc) is 2.49. The molecule has 0 spiro atoms. The van der Waals surface area contributed by atoms with E-state index in [4.69, 9.17) is 0 Å². The highest BCUT2D eigenvalue weighted by atomic mass is 19.3. The van der Waals surface area contributed by atoms with E-state index in [2.05, 4.69) is 24.3 Å². The smallest absolute Gasteiger partial charge is 0.248 e. The van der Waals surface area contributed by atoms with Gasteiger partial charge in [0.15, 0.2) is 0 Å². The van der Waals surface area contributed by atoms with Gasteiger partial charge in [-0.25, -0.2) is 8.78 Å². The predicted octanol–water partition coefficient (Wildman–Crippen LogP) is 2.50. The third-order valence-electron chi connectivity index (χ3n) is 4.63. The Morgan fingerprint density at radius 1 is 1.24 bits per heavy atom. The van der Waals surface area contributed by atoms with E-state index < -0.39 is 5.92 Å². The highest BCUT2D eigenvalue weighted by molar-refractivity contribution is 4.97. The topological polar surface area (TPSA) is 15.3 Å². The van der Waals surface area contributed by atoms with E-state index in [0.29, 0.717) is 12.0 Å². The lowest BCUT2D eigenvalue weighted by Gasteiger charge is -2.47. The summed E-state index contributed by atoms with van der Waals surface area (Å²) in [5.74, 6) is -2.23. The first-order chi connectivity index (χ1) is 7.94. The number of nitrogens with one attached hydrogen (secondary N) is 1. The number of halogens is 2. The molecule has 2 nitrogen and oxygen atoms in total. The quantitative estimate of drug-likeness (QED) is 0.802. The maximum Gasteiger partial charge on any atom is 0.248 e. The maximum atomic E-state index is 13.0. The van der Waals surface area contributed by atoms with Crippen LogP contribution in [0.15, 0.2) is 0 Å². The molecule has 0 aliphatic heterocycles. The fourth-order valence-electron chi connectivity index (χ4n) is 3.09. The van der Waals surface area contributed by atoms with Crippen LogP contribution in [0.2, 0.25) is 0 Å². The summed E-state index contributed by atoms with van der Waals surface area (Å²) in [6.45, 7) is 1.70. The van der Waals surface area contributed by atoms with Crippen LogP contribution >= 0.6 is 0 Å². The van der Waals surface area contributed by atoms with Crippen LogP contribution in [0.3, 0.4) is 0 Å². The van der Waals surface area contributed by atoms with Crippen LogP contribution in [0.25, 0.3) is 0 Å². The van der Waals surface area contributed by atoms with E-state index in [0.717, 1.165) is 13.1 Å². The standard InChI is InChI=1S/C13H24F2N2/c1-17(2)12(5-3-6-12)10-16-9-11-4-7-13(14,15)8-11/h11,16H,3-10H2,1-2H3. The molecule has 2 fully saturated rings. The van der Waals surface area contributed by atoms with Gasteiger partial charge in [0.1, 0.15) is 0 Å². The highest BCUT2D eigenvalue weighted by Crippen LogP contribution is 2.39. The van der Waals surface area contributed by atoms with Gasteiger partial charge in [-0.15, -0.1) is 0 Å². The van der Waals surface area contributed by atoms with E-state index in [1.54, 1.807) is 0 Å². The Morgan fingerprint density at radius 2 is 1.94 bits per heavy atom. The Labute approximate surface area is 103 Å². The molecule has 1 atom stereocenters. The van der Waals surface area contributed by atoms with E-state index >= 15 is 0 Å². The minimum Gasteiger partial charge on any atom is -0.315 e. The zero-order valence-corrected chi connectivity index (χ0v) is 10.9. The third-order valence-corrected chi connectivity index (χ3v) is 4.63. The molecule has 2 aliphatic rings. The summed E-state index contributed by atoms with van der Waals surface area (Å²) in [5.41, 5.74) is 0.293. The lowest BCUT2D eigenvalue weighted by atomic mass is 9.75. The average molecular weight is 246 g/mol. The second-order valence-corrected chi connectivity index (χ2v) is 6.07. The summed E-state index contributed by atoms with van der Waals surface area (Å²) in [4.78, 5) is 2.28. The van der Waals surface area contributed by atoms with Crippen molar-refractivity contribution < 1.29 is 8.78 Å². The second-order valence-electron chi connectivity index (χ2n) is 6.07. The summed E-state index contributed by atoms with van der Waals surface area (Å²) in [6, 6.07) is 0. The molecule has 1 unspecified atom stereocenters. The monoisotopic (exact) mass is 246 g/mol. The van der Waals surface area contributed by atoms with Crippen molar-refractivity contribution in [2.45, 2.75) is 50.0 Å². The minimum atomic E-state index is -2.40. The molecule has 2 aliphatic carbocycles. The SMILES string of the molecule is CN(C)C1(CNCC2CCC(F)(F)C2)CCC1. The van der Waals surface area contributed by atoms with E-state index in [1.807, 2.05) is 0 Å². The van der Waals surface area contributed by atoms with Crippen LogP contribution in [0.1, 0.15) is 38.5 Å². The minimum absolute atomic E-state index is 0.0783. The zero-order chi connectivity index (χ0) is 12.5. The Balaban J connectivity index is 1.70. The van der Waals surface area contributed by atoms with Gasteiger partial charge < -0.3 is 10.2 Å². The van der Waals surface area contributed by atoms with Crippen molar-refractivity contribution >= 4 is 0 Å². The summed E-state index contributed by atoms with van der Waals surface area (Å²) in [5, 5.41) is 3.41. The Kier molecular flexibility index (Phi) is 3.74. The molecule has 1 N–H and O–H groups in total. The number of hydrogen-bond donors (Lipinski definition) is 1. The molecule has 0 bridgehead atoms. The fourth-order valence-corrected chi connectivity index (χ4v) is 3.09. The largest absolute Gasteiger partial charge is 0.315 e. The molecule has 0 heterocycles. The first-order valence-corrected chi connectivity index (χ1v) is 6.70. The van der Waals surface area contributed by atoms with Gasteiger partial charge in [0, 0.05) is 24.9 Å². The third kappa shape index (κ3) is 2.97. The van der Waals surface area contributed by atoms with Gasteiger partial charge in [-0.2, -0.15) is 0 Å². The van der Waals surface area contributed by atoms with Crippen LogP contribution in [0, 0.1) is 5.92 Å². The Bertz CT molecular complexity index is 262. The van der Waals surface area contributed by atoms with Crippen LogP contribution in [-0.4, -0.2) is 43.5 Å².